The van der Waals surface area contributed by atoms with E-state index >= 15 is 0 Å². The first-order valence-electron chi connectivity index (χ1n) is 9.51. The molecule has 1 aliphatic heterocycles. The van der Waals surface area contributed by atoms with Gasteiger partial charge >= 0.3 is 0 Å². The van der Waals surface area contributed by atoms with Crippen molar-refractivity contribution in [1.29, 1.82) is 0 Å². The number of benzene rings is 1. The van der Waals surface area contributed by atoms with E-state index in [-0.39, 0.29) is 12.5 Å². The zero-order chi connectivity index (χ0) is 18.9. The fourth-order valence-corrected chi connectivity index (χ4v) is 3.11. The molecule has 2 rings (SSSR count). The molecule has 1 aliphatic rings. The lowest BCUT2D eigenvalue weighted by Crippen LogP contribution is -2.47. The summed E-state index contributed by atoms with van der Waals surface area (Å²) in [5.41, 5.74) is 2.40. The third-order valence-corrected chi connectivity index (χ3v) is 4.86. The molecule has 0 radical (unpaired) electrons. The van der Waals surface area contributed by atoms with Crippen LogP contribution in [0.1, 0.15) is 30.9 Å². The Hall–Kier alpha value is -2.08. The average Bonchev–Trinajstić information content (AvgIpc) is 3.09. The molecule has 1 aromatic rings. The van der Waals surface area contributed by atoms with E-state index in [1.165, 1.54) is 24.9 Å². The van der Waals surface area contributed by atoms with Crippen molar-refractivity contribution >= 4 is 11.9 Å². The van der Waals surface area contributed by atoms with Gasteiger partial charge in [0.25, 0.3) is 0 Å². The summed E-state index contributed by atoms with van der Waals surface area (Å²) in [5.74, 6) is 0.731. The number of nitrogens with one attached hydrogen (secondary N) is 2. The second-order valence-corrected chi connectivity index (χ2v) is 7.10. The third-order valence-electron chi connectivity index (χ3n) is 4.86. The lowest BCUT2D eigenvalue weighted by atomic mass is 10.1. The van der Waals surface area contributed by atoms with Crippen molar-refractivity contribution in [3.8, 4) is 0 Å². The van der Waals surface area contributed by atoms with Gasteiger partial charge in [0.15, 0.2) is 5.96 Å². The molecule has 0 spiro atoms. The molecule has 2 N–H and O–H groups in total. The molecule has 6 heteroatoms. The number of hydrogen-bond donors (Lipinski definition) is 2. The maximum atomic E-state index is 11.9. The van der Waals surface area contributed by atoms with Crippen molar-refractivity contribution < 1.29 is 4.79 Å². The van der Waals surface area contributed by atoms with E-state index < -0.39 is 0 Å². The summed E-state index contributed by atoms with van der Waals surface area (Å²) in [6.45, 7) is 8.22. The Balaban J connectivity index is 1.96. The normalized spacial score (nSPS) is 18.0. The number of carbonyl (C=O) groups is 1. The van der Waals surface area contributed by atoms with Crippen molar-refractivity contribution in [1.82, 2.24) is 20.4 Å². The van der Waals surface area contributed by atoms with Gasteiger partial charge < -0.3 is 15.5 Å². The monoisotopic (exact) mass is 359 g/mol. The third kappa shape index (κ3) is 6.33. The number of aliphatic imine (C=N–C) groups is 1. The van der Waals surface area contributed by atoms with Gasteiger partial charge in [0.2, 0.25) is 5.91 Å². The first-order valence-corrected chi connectivity index (χ1v) is 9.51. The number of likely N-dealkylation sites (tertiary alicyclic amines) is 1. The molecule has 6 nitrogen and oxygen atoms in total. The second-order valence-electron chi connectivity index (χ2n) is 7.10. The highest BCUT2D eigenvalue weighted by Crippen LogP contribution is 2.15. The molecule has 1 atom stereocenters. The standard InChI is InChI=1S/C20H33N5O/c1-5-25-12-6-7-18(25)14-22-20(23-15-19(26)24(3)4)21-13-17-10-8-16(2)9-11-17/h8-11,18H,5-7,12-15H2,1-4H3,(H2,21,22,23). The summed E-state index contributed by atoms with van der Waals surface area (Å²) in [6, 6.07) is 8.92. The predicted octanol–water partition coefficient (Wildman–Crippen LogP) is 1.60. The van der Waals surface area contributed by atoms with E-state index in [4.69, 9.17) is 0 Å². The summed E-state index contributed by atoms with van der Waals surface area (Å²) in [6.07, 6.45) is 2.46. The van der Waals surface area contributed by atoms with E-state index in [9.17, 15) is 4.79 Å². The fraction of sp³-hybridized carbons (Fsp3) is 0.600. The van der Waals surface area contributed by atoms with Crippen LogP contribution in [0.15, 0.2) is 29.3 Å². The highest BCUT2D eigenvalue weighted by atomic mass is 16.2. The molecule has 1 fully saturated rings. The number of amides is 1. The van der Waals surface area contributed by atoms with Crippen LogP contribution in [0.3, 0.4) is 0 Å². The molecule has 0 saturated carbocycles. The molecule has 0 bridgehead atoms. The summed E-state index contributed by atoms with van der Waals surface area (Å²) in [5, 5.41) is 6.60. The predicted molar refractivity (Wildman–Crippen MR) is 107 cm³/mol. The van der Waals surface area contributed by atoms with Crippen LogP contribution in [0.2, 0.25) is 0 Å². The van der Waals surface area contributed by atoms with Crippen LogP contribution in [0.25, 0.3) is 0 Å². The van der Waals surface area contributed by atoms with Gasteiger partial charge in [-0.05, 0) is 38.4 Å². The lowest BCUT2D eigenvalue weighted by molar-refractivity contribution is -0.127. The fourth-order valence-electron chi connectivity index (χ4n) is 3.11. The SMILES string of the molecule is CCN1CCCC1CNC(=NCc1ccc(C)cc1)NCC(=O)N(C)C. The molecule has 1 saturated heterocycles. The minimum absolute atomic E-state index is 0.0332. The molecular weight excluding hydrogens is 326 g/mol. The van der Waals surface area contributed by atoms with Gasteiger partial charge in [-0.3, -0.25) is 9.69 Å². The van der Waals surface area contributed by atoms with Crippen LogP contribution in [-0.4, -0.2) is 68.0 Å². The topological polar surface area (TPSA) is 60.0 Å². The Morgan fingerprint density at radius 1 is 1.27 bits per heavy atom. The lowest BCUT2D eigenvalue weighted by Gasteiger charge is -2.24. The Bertz CT molecular complexity index is 597. The Kier molecular flexibility index (Phi) is 7.91. The molecule has 0 aromatic heterocycles. The maximum absolute atomic E-state index is 11.9. The van der Waals surface area contributed by atoms with Gasteiger partial charge in [0.05, 0.1) is 13.1 Å². The first kappa shape index (κ1) is 20.2. The second kappa shape index (κ2) is 10.2. The number of guanidine groups is 1. The summed E-state index contributed by atoms with van der Waals surface area (Å²) < 4.78 is 0. The molecule has 1 amide bonds. The highest BCUT2D eigenvalue weighted by Gasteiger charge is 2.22. The zero-order valence-corrected chi connectivity index (χ0v) is 16.6. The summed E-state index contributed by atoms with van der Waals surface area (Å²) in [4.78, 5) is 20.6. The Labute approximate surface area is 157 Å². The molecule has 26 heavy (non-hydrogen) atoms. The van der Waals surface area contributed by atoms with Gasteiger partial charge in [-0.15, -0.1) is 0 Å². The number of carbonyl (C=O) groups excluding carboxylic acids is 1. The van der Waals surface area contributed by atoms with Gasteiger partial charge in [-0.25, -0.2) is 4.99 Å². The molecule has 0 aliphatic carbocycles. The number of hydrogen-bond acceptors (Lipinski definition) is 3. The van der Waals surface area contributed by atoms with Gasteiger partial charge in [-0.1, -0.05) is 36.8 Å². The van der Waals surface area contributed by atoms with E-state index in [0.29, 0.717) is 18.5 Å². The molecule has 144 valence electrons. The molecule has 1 heterocycles. The van der Waals surface area contributed by atoms with Crippen LogP contribution in [0, 0.1) is 6.92 Å². The number of rotatable bonds is 7. The largest absolute Gasteiger partial charge is 0.355 e. The molecule has 1 unspecified atom stereocenters. The van der Waals surface area contributed by atoms with E-state index in [0.717, 1.165) is 18.7 Å². The van der Waals surface area contributed by atoms with Crippen LogP contribution in [0.4, 0.5) is 0 Å². The Morgan fingerprint density at radius 2 is 2.00 bits per heavy atom. The molecule has 1 aromatic carbocycles. The first-order chi connectivity index (χ1) is 12.5. The summed E-state index contributed by atoms with van der Waals surface area (Å²) >= 11 is 0. The quantitative estimate of drug-likeness (QED) is 0.574. The van der Waals surface area contributed by atoms with Crippen molar-refractivity contribution in [3.05, 3.63) is 35.4 Å². The smallest absolute Gasteiger partial charge is 0.241 e. The van der Waals surface area contributed by atoms with Crippen molar-refractivity contribution in [2.24, 2.45) is 4.99 Å². The van der Waals surface area contributed by atoms with E-state index in [1.807, 2.05) is 0 Å². The minimum Gasteiger partial charge on any atom is -0.355 e. The van der Waals surface area contributed by atoms with E-state index in [2.05, 4.69) is 58.6 Å². The van der Waals surface area contributed by atoms with Crippen LogP contribution in [0.5, 0.6) is 0 Å². The van der Waals surface area contributed by atoms with Crippen LogP contribution < -0.4 is 10.6 Å². The van der Waals surface area contributed by atoms with E-state index in [1.54, 1.807) is 19.0 Å². The Morgan fingerprint density at radius 3 is 2.65 bits per heavy atom. The molecular formula is C20H33N5O. The van der Waals surface area contributed by atoms with Gasteiger partial charge in [0, 0.05) is 26.7 Å². The maximum Gasteiger partial charge on any atom is 0.241 e. The van der Waals surface area contributed by atoms with Crippen molar-refractivity contribution in [3.63, 3.8) is 0 Å². The number of aryl methyl sites for hydroxylation is 1. The average molecular weight is 360 g/mol. The van der Waals surface area contributed by atoms with Crippen LogP contribution in [-0.2, 0) is 11.3 Å². The van der Waals surface area contributed by atoms with Crippen molar-refractivity contribution in [2.75, 3.05) is 40.3 Å². The number of likely N-dealkylation sites (N-methyl/N-ethyl adjacent to an activating group) is 2. The van der Waals surface area contributed by atoms with Gasteiger partial charge in [-0.2, -0.15) is 0 Å². The minimum atomic E-state index is 0.0332. The number of nitrogens with zero attached hydrogens (tertiary/aromatic N) is 3. The zero-order valence-electron chi connectivity index (χ0n) is 16.6. The van der Waals surface area contributed by atoms with Crippen LogP contribution >= 0.6 is 0 Å². The van der Waals surface area contributed by atoms with Gasteiger partial charge in [0.1, 0.15) is 0 Å². The highest BCUT2D eigenvalue weighted by molar-refractivity contribution is 5.86. The van der Waals surface area contributed by atoms with Crippen molar-refractivity contribution in [2.45, 2.75) is 39.3 Å². The summed E-state index contributed by atoms with van der Waals surface area (Å²) in [7, 11) is 3.52.